The predicted molar refractivity (Wildman–Crippen MR) is 69.1 cm³/mol. The van der Waals surface area contributed by atoms with Gasteiger partial charge in [0, 0.05) is 18.3 Å². The first kappa shape index (κ1) is 12.6. The molecule has 0 atom stereocenters. The number of ether oxygens (including phenoxy) is 1. The van der Waals surface area contributed by atoms with Crippen LogP contribution in [0.3, 0.4) is 0 Å². The quantitative estimate of drug-likeness (QED) is 0.568. The van der Waals surface area contributed by atoms with Gasteiger partial charge in [-0.05, 0) is 39.2 Å². The van der Waals surface area contributed by atoms with E-state index in [9.17, 15) is 0 Å². The lowest BCUT2D eigenvalue weighted by atomic mass is 10.2. The molecule has 90 valence electrons. The van der Waals surface area contributed by atoms with Crippen molar-refractivity contribution in [3.8, 4) is 5.75 Å². The highest BCUT2D eigenvalue weighted by Crippen LogP contribution is 2.24. The summed E-state index contributed by atoms with van der Waals surface area (Å²) in [4.78, 5) is 2.17. The molecule has 0 aliphatic heterocycles. The maximum Gasteiger partial charge on any atom is 0.143 e. The highest BCUT2D eigenvalue weighted by molar-refractivity contribution is 5.61. The van der Waals surface area contributed by atoms with Gasteiger partial charge in [-0.2, -0.15) is 0 Å². The Morgan fingerprint density at radius 2 is 2.12 bits per heavy atom. The van der Waals surface area contributed by atoms with Crippen LogP contribution in [-0.2, 0) is 0 Å². The van der Waals surface area contributed by atoms with Crippen LogP contribution in [0.15, 0.2) is 18.2 Å². The zero-order valence-corrected chi connectivity index (χ0v) is 10.3. The van der Waals surface area contributed by atoms with Gasteiger partial charge in [-0.15, -0.1) is 0 Å². The van der Waals surface area contributed by atoms with Crippen LogP contribution < -0.4 is 15.8 Å². The Morgan fingerprint density at radius 1 is 1.38 bits per heavy atom. The molecular weight excluding hydrogens is 202 g/mol. The highest BCUT2D eigenvalue weighted by Gasteiger charge is 2.00. The van der Waals surface area contributed by atoms with Gasteiger partial charge in [0.15, 0.2) is 0 Å². The maximum absolute atomic E-state index is 5.74. The van der Waals surface area contributed by atoms with Crippen molar-refractivity contribution in [2.24, 2.45) is 0 Å². The molecule has 1 aromatic carbocycles. The molecule has 0 heterocycles. The van der Waals surface area contributed by atoms with E-state index in [1.54, 1.807) is 7.11 Å². The van der Waals surface area contributed by atoms with E-state index in [4.69, 9.17) is 10.5 Å². The molecule has 0 fully saturated rings. The molecule has 1 rings (SSSR count). The Kier molecular flexibility index (Phi) is 4.92. The van der Waals surface area contributed by atoms with Crippen molar-refractivity contribution in [3.63, 3.8) is 0 Å². The monoisotopic (exact) mass is 223 g/mol. The normalized spacial score (nSPS) is 10.5. The summed E-state index contributed by atoms with van der Waals surface area (Å²) in [6.45, 7) is 2.03. The Labute approximate surface area is 97.4 Å². The first-order valence-corrected chi connectivity index (χ1v) is 5.45. The van der Waals surface area contributed by atoms with Crippen molar-refractivity contribution in [1.82, 2.24) is 4.90 Å². The fourth-order valence-corrected chi connectivity index (χ4v) is 1.45. The lowest BCUT2D eigenvalue weighted by molar-refractivity contribution is 0.405. The zero-order chi connectivity index (χ0) is 12.0. The maximum atomic E-state index is 5.74. The van der Waals surface area contributed by atoms with Crippen LogP contribution >= 0.6 is 0 Å². The van der Waals surface area contributed by atoms with Crippen LogP contribution in [0.4, 0.5) is 11.4 Å². The summed E-state index contributed by atoms with van der Waals surface area (Å²) in [6, 6.07) is 5.74. The Balaban J connectivity index is 2.42. The van der Waals surface area contributed by atoms with E-state index in [-0.39, 0.29) is 0 Å². The molecule has 0 unspecified atom stereocenters. The van der Waals surface area contributed by atoms with Crippen LogP contribution in [-0.4, -0.2) is 39.2 Å². The number of nitrogens with zero attached hydrogens (tertiary/aromatic N) is 1. The minimum Gasteiger partial charge on any atom is -0.495 e. The van der Waals surface area contributed by atoms with Gasteiger partial charge in [-0.3, -0.25) is 0 Å². The number of hydrogen-bond donors (Lipinski definition) is 2. The molecule has 0 aliphatic carbocycles. The van der Waals surface area contributed by atoms with Gasteiger partial charge in [0.1, 0.15) is 5.75 Å². The van der Waals surface area contributed by atoms with Gasteiger partial charge in [-0.1, -0.05) is 0 Å². The Bertz CT molecular complexity index is 326. The lowest BCUT2D eigenvalue weighted by Gasteiger charge is -2.12. The average molecular weight is 223 g/mol. The van der Waals surface area contributed by atoms with Gasteiger partial charge in [-0.25, -0.2) is 0 Å². The van der Waals surface area contributed by atoms with Crippen molar-refractivity contribution >= 4 is 11.4 Å². The summed E-state index contributed by atoms with van der Waals surface area (Å²) in [5.41, 5.74) is 7.45. The molecule has 16 heavy (non-hydrogen) atoms. The van der Waals surface area contributed by atoms with Crippen LogP contribution in [0.1, 0.15) is 6.42 Å². The second kappa shape index (κ2) is 6.23. The van der Waals surface area contributed by atoms with Crippen molar-refractivity contribution < 1.29 is 4.74 Å². The van der Waals surface area contributed by atoms with Crippen LogP contribution in [0, 0.1) is 0 Å². The third-order valence-electron chi connectivity index (χ3n) is 2.34. The molecule has 1 aromatic rings. The fourth-order valence-electron chi connectivity index (χ4n) is 1.45. The summed E-state index contributed by atoms with van der Waals surface area (Å²) in [5.74, 6) is 0.720. The van der Waals surface area contributed by atoms with E-state index in [2.05, 4.69) is 24.3 Å². The fraction of sp³-hybridized carbons (Fsp3) is 0.500. The second-order valence-electron chi connectivity index (χ2n) is 4.04. The number of nitrogen functional groups attached to an aromatic ring is 1. The van der Waals surface area contributed by atoms with Gasteiger partial charge in [0.05, 0.1) is 12.8 Å². The predicted octanol–water partition coefficient (Wildman–Crippen LogP) is 1.64. The van der Waals surface area contributed by atoms with Crippen LogP contribution in [0.5, 0.6) is 5.75 Å². The molecule has 0 spiro atoms. The summed E-state index contributed by atoms with van der Waals surface area (Å²) in [5, 5.41) is 3.34. The van der Waals surface area contributed by atoms with Crippen LogP contribution in [0.2, 0.25) is 0 Å². The van der Waals surface area contributed by atoms with Crippen molar-refractivity contribution in [1.29, 1.82) is 0 Å². The Hall–Kier alpha value is -1.42. The molecule has 0 saturated carbocycles. The molecule has 0 saturated heterocycles. The molecule has 0 radical (unpaired) electrons. The van der Waals surface area contributed by atoms with E-state index in [1.807, 2.05) is 18.2 Å². The summed E-state index contributed by atoms with van der Waals surface area (Å²) >= 11 is 0. The minimum absolute atomic E-state index is 0.668. The number of benzene rings is 1. The van der Waals surface area contributed by atoms with E-state index in [0.717, 1.165) is 30.9 Å². The van der Waals surface area contributed by atoms with E-state index >= 15 is 0 Å². The van der Waals surface area contributed by atoms with E-state index in [1.165, 1.54) is 0 Å². The number of rotatable bonds is 6. The average Bonchev–Trinajstić information content (AvgIpc) is 2.26. The smallest absolute Gasteiger partial charge is 0.143 e. The van der Waals surface area contributed by atoms with Gasteiger partial charge >= 0.3 is 0 Å². The number of methoxy groups -OCH3 is 1. The number of nitrogens with one attached hydrogen (secondary N) is 1. The largest absolute Gasteiger partial charge is 0.495 e. The number of anilines is 2. The summed E-state index contributed by atoms with van der Waals surface area (Å²) in [7, 11) is 5.78. The third-order valence-corrected chi connectivity index (χ3v) is 2.34. The number of nitrogens with two attached hydrogens (primary N) is 1. The molecular formula is C12H21N3O. The van der Waals surface area contributed by atoms with Gasteiger partial charge in [0.25, 0.3) is 0 Å². The van der Waals surface area contributed by atoms with Crippen molar-refractivity contribution in [3.05, 3.63) is 18.2 Å². The minimum atomic E-state index is 0.668. The lowest BCUT2D eigenvalue weighted by Crippen LogP contribution is -2.16. The van der Waals surface area contributed by atoms with Gasteiger partial charge in [0.2, 0.25) is 0 Å². The second-order valence-corrected chi connectivity index (χ2v) is 4.04. The number of hydrogen-bond acceptors (Lipinski definition) is 4. The SMILES string of the molecule is COc1cc(NCCCN(C)C)ccc1N. The van der Waals surface area contributed by atoms with E-state index in [0.29, 0.717) is 5.69 Å². The van der Waals surface area contributed by atoms with Crippen molar-refractivity contribution in [2.75, 3.05) is 45.3 Å². The summed E-state index contributed by atoms with van der Waals surface area (Å²) < 4.78 is 5.16. The Morgan fingerprint density at radius 3 is 2.75 bits per heavy atom. The molecule has 3 N–H and O–H groups in total. The summed E-state index contributed by atoms with van der Waals surface area (Å²) in [6.07, 6.45) is 1.11. The third kappa shape index (κ3) is 3.98. The molecule has 0 bridgehead atoms. The molecule has 0 amide bonds. The van der Waals surface area contributed by atoms with Crippen molar-refractivity contribution in [2.45, 2.75) is 6.42 Å². The first-order chi connectivity index (χ1) is 7.63. The zero-order valence-electron chi connectivity index (χ0n) is 10.3. The highest BCUT2D eigenvalue weighted by atomic mass is 16.5. The first-order valence-electron chi connectivity index (χ1n) is 5.45. The van der Waals surface area contributed by atoms with Crippen LogP contribution in [0.25, 0.3) is 0 Å². The molecule has 0 aliphatic rings. The van der Waals surface area contributed by atoms with E-state index < -0.39 is 0 Å². The molecule has 0 aromatic heterocycles. The van der Waals surface area contributed by atoms with Gasteiger partial charge < -0.3 is 20.7 Å². The molecule has 4 nitrogen and oxygen atoms in total. The standard InChI is InChI=1S/C12H21N3O/c1-15(2)8-4-7-14-10-5-6-11(13)12(9-10)16-3/h5-6,9,14H,4,7-8,13H2,1-3H3. The topological polar surface area (TPSA) is 50.5 Å². The molecule has 4 heteroatoms.